The maximum Gasteiger partial charge on any atom is 0.130 e. The molecular weight excluding hydrogens is 260 g/mol. The molecule has 4 nitrogen and oxygen atoms in total. The van der Waals surface area contributed by atoms with Gasteiger partial charge in [0, 0.05) is 30.7 Å². The van der Waals surface area contributed by atoms with Gasteiger partial charge in [-0.3, -0.25) is 0 Å². The minimum Gasteiger partial charge on any atom is -0.345 e. The highest BCUT2D eigenvalue weighted by molar-refractivity contribution is 5.62. The zero-order valence-corrected chi connectivity index (χ0v) is 12.6. The quantitative estimate of drug-likeness (QED) is 0.878. The minimum atomic E-state index is 0.347. The van der Waals surface area contributed by atoms with Gasteiger partial charge >= 0.3 is 0 Å². The normalized spacial score (nSPS) is 26.3. The van der Waals surface area contributed by atoms with E-state index in [2.05, 4.69) is 58.9 Å². The molecule has 2 heterocycles. The molecule has 2 aromatic heterocycles. The molecule has 2 N–H and O–H groups in total. The van der Waals surface area contributed by atoms with Gasteiger partial charge in [0.2, 0.25) is 0 Å². The highest BCUT2D eigenvalue weighted by Gasteiger charge is 2.25. The van der Waals surface area contributed by atoms with Crippen LogP contribution in [0, 0.1) is 11.8 Å². The number of hydrogen-bond acceptors (Lipinski definition) is 2. The van der Waals surface area contributed by atoms with E-state index in [0.717, 1.165) is 11.6 Å². The Labute approximate surface area is 124 Å². The minimum absolute atomic E-state index is 0.347. The van der Waals surface area contributed by atoms with Crippen LogP contribution in [-0.4, -0.2) is 19.9 Å². The van der Waals surface area contributed by atoms with E-state index in [4.69, 9.17) is 0 Å². The Morgan fingerprint density at radius 1 is 1.00 bits per heavy atom. The summed E-state index contributed by atoms with van der Waals surface area (Å²) in [4.78, 5) is 14.9. The van der Waals surface area contributed by atoms with E-state index in [1.165, 1.54) is 16.7 Å². The van der Waals surface area contributed by atoms with E-state index in [1.54, 1.807) is 12.4 Å². The zero-order chi connectivity index (χ0) is 14.8. The lowest BCUT2D eigenvalue weighted by Gasteiger charge is -2.29. The van der Waals surface area contributed by atoms with Crippen molar-refractivity contribution in [1.29, 1.82) is 0 Å². The Bertz CT molecular complexity index is 687. The molecule has 21 heavy (non-hydrogen) atoms. The average Bonchev–Trinajstić information content (AvgIpc) is 3.13. The summed E-state index contributed by atoms with van der Waals surface area (Å²) in [5, 5.41) is 0. The van der Waals surface area contributed by atoms with Crippen molar-refractivity contribution in [2.24, 2.45) is 11.8 Å². The van der Waals surface area contributed by atoms with Crippen LogP contribution in [0.25, 0.3) is 12.2 Å². The second-order valence-corrected chi connectivity index (χ2v) is 5.55. The molecule has 2 unspecified atom stereocenters. The Morgan fingerprint density at radius 2 is 1.62 bits per heavy atom. The van der Waals surface area contributed by atoms with E-state index in [9.17, 15) is 0 Å². The van der Waals surface area contributed by atoms with Gasteiger partial charge in [-0.2, -0.15) is 0 Å². The van der Waals surface area contributed by atoms with Crippen molar-refractivity contribution in [3.8, 4) is 0 Å². The highest BCUT2D eigenvalue weighted by atomic mass is 14.9. The van der Waals surface area contributed by atoms with E-state index >= 15 is 0 Å². The van der Waals surface area contributed by atoms with E-state index < -0.39 is 0 Å². The molecule has 0 radical (unpaired) electrons. The van der Waals surface area contributed by atoms with Gasteiger partial charge in [-0.25, -0.2) is 9.97 Å². The molecule has 2 aromatic rings. The van der Waals surface area contributed by atoms with Crippen molar-refractivity contribution in [2.45, 2.75) is 20.8 Å². The lowest BCUT2D eigenvalue weighted by molar-refractivity contribution is 0.670. The predicted molar refractivity (Wildman–Crippen MR) is 85.2 cm³/mol. The Kier molecular flexibility index (Phi) is 3.60. The Hall–Kier alpha value is -2.36. The molecule has 108 valence electrons. The van der Waals surface area contributed by atoms with Gasteiger partial charge in [0.05, 0.1) is 0 Å². The molecule has 0 aliphatic heterocycles. The highest BCUT2D eigenvalue weighted by Crippen LogP contribution is 2.38. The van der Waals surface area contributed by atoms with E-state index in [-0.39, 0.29) is 0 Å². The van der Waals surface area contributed by atoms with Crippen molar-refractivity contribution in [1.82, 2.24) is 19.9 Å². The molecule has 1 aliphatic carbocycles. The molecule has 0 fully saturated rings. The van der Waals surface area contributed by atoms with Crippen LogP contribution in [0.4, 0.5) is 0 Å². The Morgan fingerprint density at radius 3 is 2.19 bits per heavy atom. The molecule has 0 spiro atoms. The fourth-order valence-electron chi connectivity index (χ4n) is 3.00. The van der Waals surface area contributed by atoms with Crippen LogP contribution >= 0.6 is 0 Å². The third kappa shape index (κ3) is 2.75. The standard InChI is InChI=1S/C17H20N4/c1-11-8-12(2)15(10-17-20-6-7-21-17)13(3)14(11)9-16-18-4-5-19-16/h4-11,13H,1-3H3,(H,18,19)(H,20,21). The summed E-state index contributed by atoms with van der Waals surface area (Å²) in [7, 11) is 0. The molecule has 0 saturated carbocycles. The molecule has 0 aromatic carbocycles. The average molecular weight is 280 g/mol. The topological polar surface area (TPSA) is 57.4 Å². The van der Waals surface area contributed by atoms with Gasteiger partial charge in [-0.05, 0) is 30.6 Å². The molecule has 4 heteroatoms. The monoisotopic (exact) mass is 280 g/mol. The van der Waals surface area contributed by atoms with Gasteiger partial charge in [-0.15, -0.1) is 0 Å². The van der Waals surface area contributed by atoms with Crippen LogP contribution in [0.2, 0.25) is 0 Å². The summed E-state index contributed by atoms with van der Waals surface area (Å²) in [6, 6.07) is 0. The van der Waals surface area contributed by atoms with Crippen molar-refractivity contribution in [3.05, 3.63) is 59.2 Å². The van der Waals surface area contributed by atoms with Gasteiger partial charge in [0.1, 0.15) is 11.6 Å². The van der Waals surface area contributed by atoms with E-state index in [1.807, 2.05) is 12.4 Å². The zero-order valence-electron chi connectivity index (χ0n) is 12.6. The number of hydrogen-bond donors (Lipinski definition) is 2. The van der Waals surface area contributed by atoms with Gasteiger partial charge in [0.25, 0.3) is 0 Å². The molecule has 3 rings (SSSR count). The smallest absolute Gasteiger partial charge is 0.130 e. The number of aromatic nitrogens is 4. The van der Waals surface area contributed by atoms with Crippen molar-refractivity contribution in [3.63, 3.8) is 0 Å². The summed E-state index contributed by atoms with van der Waals surface area (Å²) < 4.78 is 0. The third-order valence-electron chi connectivity index (χ3n) is 4.08. The lowest BCUT2D eigenvalue weighted by Crippen LogP contribution is -2.16. The largest absolute Gasteiger partial charge is 0.345 e. The van der Waals surface area contributed by atoms with Gasteiger partial charge < -0.3 is 9.97 Å². The number of nitrogens with one attached hydrogen (secondary N) is 2. The second kappa shape index (κ2) is 5.56. The van der Waals surface area contributed by atoms with E-state index in [0.29, 0.717) is 11.8 Å². The molecular formula is C17H20N4. The number of imidazole rings is 2. The van der Waals surface area contributed by atoms with Gasteiger partial charge in [0.15, 0.2) is 0 Å². The number of allylic oxidation sites excluding steroid dienone is 4. The number of rotatable bonds is 2. The summed E-state index contributed by atoms with van der Waals surface area (Å²) in [6.07, 6.45) is 13.9. The first-order valence-electron chi connectivity index (χ1n) is 7.26. The van der Waals surface area contributed by atoms with Crippen LogP contribution in [-0.2, 0) is 0 Å². The number of H-pyrrole nitrogens is 2. The summed E-state index contributed by atoms with van der Waals surface area (Å²) in [5.41, 5.74) is 4.00. The first-order chi connectivity index (χ1) is 10.1. The van der Waals surface area contributed by atoms with Crippen LogP contribution in [0.5, 0.6) is 0 Å². The molecule has 0 amide bonds. The third-order valence-corrected chi connectivity index (χ3v) is 4.08. The van der Waals surface area contributed by atoms with Crippen LogP contribution < -0.4 is 0 Å². The van der Waals surface area contributed by atoms with Crippen molar-refractivity contribution in [2.75, 3.05) is 0 Å². The summed E-state index contributed by atoms with van der Waals surface area (Å²) in [5.74, 6) is 2.57. The predicted octanol–water partition coefficient (Wildman–Crippen LogP) is 3.83. The maximum atomic E-state index is 4.31. The second-order valence-electron chi connectivity index (χ2n) is 5.55. The van der Waals surface area contributed by atoms with Crippen LogP contribution in [0.15, 0.2) is 47.6 Å². The molecule has 0 saturated heterocycles. The van der Waals surface area contributed by atoms with Gasteiger partial charge in [-0.1, -0.05) is 31.1 Å². The maximum absolute atomic E-state index is 4.31. The first kappa shape index (κ1) is 13.6. The number of nitrogens with zero attached hydrogens (tertiary/aromatic N) is 2. The molecule has 2 atom stereocenters. The Balaban J connectivity index is 2.01. The van der Waals surface area contributed by atoms with Crippen molar-refractivity contribution < 1.29 is 0 Å². The lowest BCUT2D eigenvalue weighted by atomic mass is 9.76. The fraction of sp³-hybridized carbons (Fsp3) is 0.294. The summed E-state index contributed by atoms with van der Waals surface area (Å²) >= 11 is 0. The fourth-order valence-corrected chi connectivity index (χ4v) is 3.00. The summed E-state index contributed by atoms with van der Waals surface area (Å²) in [6.45, 7) is 6.65. The molecule has 0 bridgehead atoms. The van der Waals surface area contributed by atoms with Crippen molar-refractivity contribution >= 4 is 12.2 Å². The molecule has 1 aliphatic rings. The number of aromatic amines is 2. The SMILES string of the molecule is CC1=CC(C)C(=Cc2ncc[nH]2)C(C)C1=Cc1ncc[nH]1. The van der Waals surface area contributed by atoms with Crippen LogP contribution in [0.3, 0.4) is 0 Å². The van der Waals surface area contributed by atoms with Crippen LogP contribution in [0.1, 0.15) is 32.4 Å². The first-order valence-corrected chi connectivity index (χ1v) is 7.26.